The van der Waals surface area contributed by atoms with E-state index in [0.29, 0.717) is 5.92 Å². The number of carbonyl (C=O) groups is 1. The highest BCUT2D eigenvalue weighted by atomic mass is 35.5. The molecule has 0 bridgehead atoms. The highest BCUT2D eigenvalue weighted by molar-refractivity contribution is 6.30. The van der Waals surface area contributed by atoms with Gasteiger partial charge in [-0.2, -0.15) is 0 Å². The number of fused-ring (bicyclic) bond motifs is 1. The smallest absolute Gasteiger partial charge is 0.126 e. The normalized spacial score (nSPS) is 18.5. The molecule has 0 unspecified atom stereocenters. The zero-order valence-electron chi connectivity index (χ0n) is 10.7. The Balaban J connectivity index is 0.000000317. The molecule has 0 saturated heterocycles. The first-order chi connectivity index (χ1) is 8.00. The third-order valence-electron chi connectivity index (χ3n) is 2.66. The quantitative estimate of drug-likeness (QED) is 0.770. The molecule has 2 nitrogen and oxygen atoms in total. The van der Waals surface area contributed by atoms with E-state index in [-0.39, 0.29) is 5.78 Å². The van der Waals surface area contributed by atoms with Gasteiger partial charge in [-0.25, -0.2) is 0 Å². The van der Waals surface area contributed by atoms with Gasteiger partial charge in [0.25, 0.3) is 0 Å². The van der Waals surface area contributed by atoms with Crippen LogP contribution in [-0.2, 0) is 11.2 Å². The second kappa shape index (κ2) is 6.77. The van der Waals surface area contributed by atoms with Crippen molar-refractivity contribution in [1.29, 1.82) is 0 Å². The molecule has 0 aromatic heterocycles. The van der Waals surface area contributed by atoms with Gasteiger partial charge in [0.1, 0.15) is 5.78 Å². The Kier molecular flexibility index (Phi) is 5.66. The molecule has 0 saturated carbocycles. The van der Waals surface area contributed by atoms with E-state index in [4.69, 9.17) is 11.6 Å². The van der Waals surface area contributed by atoms with E-state index in [2.05, 4.69) is 24.4 Å². The molecule has 1 atom stereocenters. The first kappa shape index (κ1) is 14.2. The summed E-state index contributed by atoms with van der Waals surface area (Å²) < 4.78 is 0. The van der Waals surface area contributed by atoms with Gasteiger partial charge in [-0.05, 0) is 56.0 Å². The van der Waals surface area contributed by atoms with Gasteiger partial charge < -0.3 is 10.1 Å². The van der Waals surface area contributed by atoms with Crippen molar-refractivity contribution in [1.82, 2.24) is 5.32 Å². The maximum absolute atomic E-state index is 9.44. The molecule has 1 aliphatic heterocycles. The summed E-state index contributed by atoms with van der Waals surface area (Å²) in [6.45, 7) is 7.44. The lowest BCUT2D eigenvalue weighted by Crippen LogP contribution is -2.18. The van der Waals surface area contributed by atoms with Crippen molar-refractivity contribution in [2.75, 3.05) is 13.1 Å². The number of halogens is 1. The highest BCUT2D eigenvalue weighted by Gasteiger charge is 2.13. The van der Waals surface area contributed by atoms with Crippen molar-refractivity contribution in [2.24, 2.45) is 0 Å². The molecule has 3 heteroatoms. The highest BCUT2D eigenvalue weighted by Crippen LogP contribution is 2.25. The summed E-state index contributed by atoms with van der Waals surface area (Å²) in [4.78, 5) is 9.44. The van der Waals surface area contributed by atoms with Crippen LogP contribution in [0, 0.1) is 0 Å². The van der Waals surface area contributed by atoms with Gasteiger partial charge in [-0.15, -0.1) is 0 Å². The minimum Gasteiger partial charge on any atom is -0.316 e. The van der Waals surface area contributed by atoms with Gasteiger partial charge in [0.15, 0.2) is 0 Å². The van der Waals surface area contributed by atoms with E-state index < -0.39 is 0 Å². The molecule has 1 aromatic carbocycles. The van der Waals surface area contributed by atoms with Crippen LogP contribution in [0.5, 0.6) is 0 Å². The number of carbonyl (C=O) groups excluding carboxylic acids is 1. The van der Waals surface area contributed by atoms with Crippen LogP contribution in [-0.4, -0.2) is 18.9 Å². The molecule has 1 aromatic rings. The summed E-state index contributed by atoms with van der Waals surface area (Å²) in [5.41, 5.74) is 2.86. The molecular formula is C14H20ClNO. The molecule has 2 rings (SSSR count). The molecule has 0 radical (unpaired) electrons. The molecule has 0 fully saturated rings. The van der Waals surface area contributed by atoms with Crippen molar-refractivity contribution in [3.05, 3.63) is 34.3 Å². The fraction of sp³-hybridized carbons (Fsp3) is 0.500. The van der Waals surface area contributed by atoms with Crippen LogP contribution < -0.4 is 5.32 Å². The van der Waals surface area contributed by atoms with Crippen LogP contribution in [0.15, 0.2) is 18.2 Å². The van der Waals surface area contributed by atoms with Gasteiger partial charge in [-0.3, -0.25) is 0 Å². The fourth-order valence-corrected chi connectivity index (χ4v) is 2.08. The lowest BCUT2D eigenvalue weighted by Gasteiger charge is -2.11. The first-order valence-corrected chi connectivity index (χ1v) is 6.34. The Hall–Kier alpha value is -0.860. The Labute approximate surface area is 108 Å². The lowest BCUT2D eigenvalue weighted by molar-refractivity contribution is -0.114. The maximum Gasteiger partial charge on any atom is 0.126 e. The van der Waals surface area contributed by atoms with Gasteiger partial charge in [0, 0.05) is 11.6 Å². The second-order valence-electron chi connectivity index (χ2n) is 4.61. The zero-order valence-corrected chi connectivity index (χ0v) is 11.5. The molecular weight excluding hydrogens is 234 g/mol. The summed E-state index contributed by atoms with van der Waals surface area (Å²) in [6, 6.07) is 6.24. The maximum atomic E-state index is 9.44. The molecule has 1 aliphatic rings. The number of hydrogen-bond donors (Lipinski definition) is 1. The Morgan fingerprint density at radius 2 is 2.06 bits per heavy atom. The average Bonchev–Trinajstić information content (AvgIpc) is 2.41. The van der Waals surface area contributed by atoms with Crippen LogP contribution in [0.3, 0.4) is 0 Å². The Bertz CT molecular complexity index is 386. The van der Waals surface area contributed by atoms with Gasteiger partial charge >= 0.3 is 0 Å². The Morgan fingerprint density at radius 3 is 2.71 bits per heavy atom. The third kappa shape index (κ3) is 4.88. The topological polar surface area (TPSA) is 29.1 Å². The molecule has 0 aliphatic carbocycles. The second-order valence-corrected chi connectivity index (χ2v) is 5.04. The summed E-state index contributed by atoms with van der Waals surface area (Å²) in [5.74, 6) is 0.746. The van der Waals surface area contributed by atoms with E-state index >= 15 is 0 Å². The van der Waals surface area contributed by atoms with E-state index in [0.717, 1.165) is 24.5 Å². The fourth-order valence-electron chi connectivity index (χ4n) is 1.90. The van der Waals surface area contributed by atoms with Gasteiger partial charge in [-0.1, -0.05) is 24.6 Å². The average molecular weight is 254 g/mol. The number of Topliss-reactive ketones (excluding diaryl/α,β-unsaturated/α-hetero) is 1. The van der Waals surface area contributed by atoms with Crippen LogP contribution in [0.4, 0.5) is 0 Å². The Morgan fingerprint density at radius 1 is 1.41 bits per heavy atom. The zero-order chi connectivity index (χ0) is 12.8. The molecule has 17 heavy (non-hydrogen) atoms. The molecule has 0 amide bonds. The van der Waals surface area contributed by atoms with Crippen molar-refractivity contribution in [2.45, 2.75) is 33.1 Å². The van der Waals surface area contributed by atoms with E-state index in [9.17, 15) is 4.79 Å². The molecule has 1 N–H and O–H groups in total. The number of rotatable bonds is 0. The van der Waals surface area contributed by atoms with Crippen LogP contribution >= 0.6 is 11.6 Å². The van der Waals surface area contributed by atoms with E-state index in [1.807, 2.05) is 6.07 Å². The molecule has 1 heterocycles. The van der Waals surface area contributed by atoms with Crippen LogP contribution in [0.25, 0.3) is 0 Å². The summed E-state index contributed by atoms with van der Waals surface area (Å²) in [6.07, 6.45) is 1.12. The summed E-state index contributed by atoms with van der Waals surface area (Å²) >= 11 is 5.97. The van der Waals surface area contributed by atoms with Crippen molar-refractivity contribution in [3.8, 4) is 0 Å². The number of hydrogen-bond acceptors (Lipinski definition) is 2. The van der Waals surface area contributed by atoms with Gasteiger partial charge in [0.05, 0.1) is 0 Å². The van der Waals surface area contributed by atoms with Crippen molar-refractivity contribution < 1.29 is 4.79 Å². The summed E-state index contributed by atoms with van der Waals surface area (Å²) in [7, 11) is 0. The first-order valence-electron chi connectivity index (χ1n) is 5.97. The number of ketones is 1. The van der Waals surface area contributed by atoms with Crippen LogP contribution in [0.1, 0.15) is 37.8 Å². The molecule has 94 valence electrons. The number of nitrogens with one attached hydrogen (secondary N) is 1. The summed E-state index contributed by atoms with van der Waals surface area (Å²) in [5, 5.41) is 4.27. The van der Waals surface area contributed by atoms with E-state index in [1.165, 1.54) is 25.0 Å². The largest absolute Gasteiger partial charge is 0.316 e. The SMILES string of the molecule is CC(C)=O.C[C@H]1CNCCc2ccc(Cl)cc21. The lowest BCUT2D eigenvalue weighted by atomic mass is 9.96. The standard InChI is InChI=1S/C11H14ClN.C3H6O/c1-8-7-13-5-4-9-2-3-10(12)6-11(8)9;1-3(2)4/h2-3,6,8,13H,4-5,7H2,1H3;1-2H3/t8-;/m0./s1. The predicted octanol–water partition coefficient (Wildman–Crippen LogP) is 3.18. The van der Waals surface area contributed by atoms with E-state index in [1.54, 1.807) is 0 Å². The molecule has 0 spiro atoms. The third-order valence-corrected chi connectivity index (χ3v) is 2.90. The van der Waals surface area contributed by atoms with Crippen LogP contribution in [0.2, 0.25) is 5.02 Å². The monoisotopic (exact) mass is 253 g/mol. The minimum absolute atomic E-state index is 0.167. The predicted molar refractivity (Wildman–Crippen MR) is 72.8 cm³/mol. The number of benzene rings is 1. The van der Waals surface area contributed by atoms with Crippen molar-refractivity contribution >= 4 is 17.4 Å². The van der Waals surface area contributed by atoms with Crippen molar-refractivity contribution in [3.63, 3.8) is 0 Å². The van der Waals surface area contributed by atoms with Gasteiger partial charge in [0.2, 0.25) is 0 Å². The minimum atomic E-state index is 0.167.